The molecular weight excluding hydrogens is 186 g/mol. The molecule has 1 aliphatic rings. The van der Waals surface area contributed by atoms with Gasteiger partial charge in [-0.15, -0.1) is 10.2 Å². The minimum Gasteiger partial charge on any atom is -0.380 e. The number of amides is 1. The molecule has 7 heteroatoms. The zero-order valence-electron chi connectivity index (χ0n) is 7.80. The van der Waals surface area contributed by atoms with E-state index in [0.717, 1.165) is 6.42 Å². The smallest absolute Gasteiger partial charge is 0.295 e. The molecule has 1 aliphatic heterocycles. The van der Waals surface area contributed by atoms with Gasteiger partial charge in [0.15, 0.2) is 0 Å². The Morgan fingerprint density at radius 1 is 1.71 bits per heavy atom. The number of H-pyrrole nitrogens is 1. The highest BCUT2D eigenvalue weighted by atomic mass is 16.5. The molecule has 0 radical (unpaired) electrons. The second-order valence-corrected chi connectivity index (χ2v) is 3.13. The molecule has 14 heavy (non-hydrogen) atoms. The van der Waals surface area contributed by atoms with Gasteiger partial charge in [-0.2, -0.15) is 5.21 Å². The van der Waals surface area contributed by atoms with Crippen molar-refractivity contribution in [1.29, 1.82) is 0 Å². The summed E-state index contributed by atoms with van der Waals surface area (Å²) in [5.74, 6) is -0.0833. The number of nitrogens with zero attached hydrogens (tertiary/aromatic N) is 4. The fraction of sp³-hybridized carbons (Fsp3) is 0.714. The van der Waals surface area contributed by atoms with Crippen LogP contribution in [-0.2, 0) is 4.74 Å². The van der Waals surface area contributed by atoms with Gasteiger partial charge < -0.3 is 9.64 Å². The van der Waals surface area contributed by atoms with Crippen LogP contribution in [0.25, 0.3) is 0 Å². The number of aromatic amines is 1. The fourth-order valence-corrected chi connectivity index (χ4v) is 1.50. The van der Waals surface area contributed by atoms with Gasteiger partial charge in [-0.1, -0.05) is 0 Å². The Kier molecular flexibility index (Phi) is 2.40. The number of hydrogen-bond donors (Lipinski definition) is 1. The van der Waals surface area contributed by atoms with Crippen molar-refractivity contribution in [3.8, 4) is 0 Å². The number of nitrogens with one attached hydrogen (secondary N) is 1. The highest BCUT2D eigenvalue weighted by Gasteiger charge is 2.28. The monoisotopic (exact) mass is 197 g/mol. The molecule has 0 saturated carbocycles. The third-order valence-electron chi connectivity index (χ3n) is 2.30. The molecular formula is C7H11N5O2. The maximum Gasteiger partial charge on any atom is 0.295 e. The molecule has 0 aromatic carbocycles. The predicted molar refractivity (Wildman–Crippen MR) is 45.5 cm³/mol. The van der Waals surface area contributed by atoms with Crippen molar-refractivity contribution in [3.05, 3.63) is 5.82 Å². The van der Waals surface area contributed by atoms with E-state index < -0.39 is 0 Å². The summed E-state index contributed by atoms with van der Waals surface area (Å²) in [5.41, 5.74) is 0. The first-order valence-electron chi connectivity index (χ1n) is 4.37. The van der Waals surface area contributed by atoms with E-state index in [2.05, 4.69) is 20.6 Å². The van der Waals surface area contributed by atoms with Crippen LogP contribution in [0.5, 0.6) is 0 Å². The van der Waals surface area contributed by atoms with Gasteiger partial charge in [0.2, 0.25) is 0 Å². The normalized spacial score (nSPS) is 21.5. The molecule has 2 rings (SSSR count). The fourth-order valence-electron chi connectivity index (χ4n) is 1.50. The molecule has 0 bridgehead atoms. The third kappa shape index (κ3) is 1.58. The molecule has 1 unspecified atom stereocenters. The molecule has 2 heterocycles. The average molecular weight is 197 g/mol. The number of aromatic nitrogens is 4. The topological polar surface area (TPSA) is 84.0 Å². The minimum absolute atomic E-state index is 0.113. The lowest BCUT2D eigenvalue weighted by molar-refractivity contribution is 0.0713. The second-order valence-electron chi connectivity index (χ2n) is 3.13. The standard InChI is InChI=1S/C7H11N5O2/c1-14-5-2-3-12(4-5)7(13)6-8-10-11-9-6/h5H,2-4H2,1H3,(H,8,9,10,11). The maximum atomic E-state index is 11.7. The van der Waals surface area contributed by atoms with Gasteiger partial charge in [0, 0.05) is 20.2 Å². The van der Waals surface area contributed by atoms with E-state index in [1.54, 1.807) is 12.0 Å². The third-order valence-corrected chi connectivity index (χ3v) is 2.30. The Bertz CT molecular complexity index is 312. The number of rotatable bonds is 2. The predicted octanol–water partition coefficient (Wildman–Crippen LogP) is -0.939. The van der Waals surface area contributed by atoms with Crippen LogP contribution in [0.2, 0.25) is 0 Å². The van der Waals surface area contributed by atoms with E-state index >= 15 is 0 Å². The van der Waals surface area contributed by atoms with Crippen molar-refractivity contribution >= 4 is 5.91 Å². The van der Waals surface area contributed by atoms with Crippen LogP contribution in [0.4, 0.5) is 0 Å². The van der Waals surface area contributed by atoms with Crippen LogP contribution in [0.15, 0.2) is 0 Å². The first-order chi connectivity index (χ1) is 6.81. The summed E-state index contributed by atoms with van der Waals surface area (Å²) in [6.45, 7) is 1.29. The lowest BCUT2D eigenvalue weighted by Gasteiger charge is -2.13. The van der Waals surface area contributed by atoms with E-state index in [9.17, 15) is 4.79 Å². The zero-order chi connectivity index (χ0) is 9.97. The molecule has 1 N–H and O–H groups in total. The number of carbonyl (C=O) groups excluding carboxylic acids is 1. The van der Waals surface area contributed by atoms with Crippen LogP contribution in [0.1, 0.15) is 17.0 Å². The largest absolute Gasteiger partial charge is 0.380 e. The van der Waals surface area contributed by atoms with E-state index in [-0.39, 0.29) is 17.8 Å². The molecule has 1 saturated heterocycles. The van der Waals surface area contributed by atoms with E-state index in [1.807, 2.05) is 0 Å². The van der Waals surface area contributed by atoms with E-state index in [1.165, 1.54) is 0 Å². The summed E-state index contributed by atoms with van der Waals surface area (Å²) >= 11 is 0. The summed E-state index contributed by atoms with van der Waals surface area (Å²) < 4.78 is 5.15. The van der Waals surface area contributed by atoms with Crippen LogP contribution in [0.3, 0.4) is 0 Å². The number of methoxy groups -OCH3 is 1. The number of hydrogen-bond acceptors (Lipinski definition) is 5. The van der Waals surface area contributed by atoms with Gasteiger partial charge in [-0.05, 0) is 11.6 Å². The quantitative estimate of drug-likeness (QED) is 0.661. The lowest BCUT2D eigenvalue weighted by atomic mass is 10.3. The Hall–Kier alpha value is -1.50. The van der Waals surface area contributed by atoms with Gasteiger partial charge in [0.1, 0.15) is 0 Å². The minimum atomic E-state index is -0.196. The molecule has 7 nitrogen and oxygen atoms in total. The van der Waals surface area contributed by atoms with Crippen LogP contribution < -0.4 is 0 Å². The molecule has 1 atom stereocenters. The highest BCUT2D eigenvalue weighted by molar-refractivity contribution is 5.90. The maximum absolute atomic E-state index is 11.7. The van der Waals surface area contributed by atoms with Gasteiger partial charge >= 0.3 is 0 Å². The molecule has 0 aliphatic carbocycles. The van der Waals surface area contributed by atoms with Gasteiger partial charge in [0.25, 0.3) is 11.7 Å². The molecule has 1 aromatic rings. The molecule has 1 aromatic heterocycles. The first kappa shape index (κ1) is 9.07. The second kappa shape index (κ2) is 3.70. The van der Waals surface area contributed by atoms with Crippen LogP contribution in [0, 0.1) is 0 Å². The summed E-state index contributed by atoms with van der Waals surface area (Å²) in [6.07, 6.45) is 0.992. The van der Waals surface area contributed by atoms with E-state index in [4.69, 9.17) is 4.74 Å². The zero-order valence-corrected chi connectivity index (χ0v) is 7.80. The van der Waals surface area contributed by atoms with Crippen LogP contribution in [-0.4, -0.2) is 57.7 Å². The Morgan fingerprint density at radius 2 is 2.57 bits per heavy atom. The van der Waals surface area contributed by atoms with E-state index in [0.29, 0.717) is 13.1 Å². The first-order valence-corrected chi connectivity index (χ1v) is 4.37. The van der Waals surface area contributed by atoms with Crippen molar-refractivity contribution in [1.82, 2.24) is 25.5 Å². The SMILES string of the molecule is COC1CCN(C(=O)c2nn[nH]n2)C1. The average Bonchev–Trinajstić information content (AvgIpc) is 2.88. The summed E-state index contributed by atoms with van der Waals surface area (Å²) in [5, 5.41) is 12.9. The van der Waals surface area contributed by atoms with Crippen molar-refractivity contribution < 1.29 is 9.53 Å². The lowest BCUT2D eigenvalue weighted by Crippen LogP contribution is -2.30. The summed E-state index contributed by atoms with van der Waals surface area (Å²) in [7, 11) is 1.65. The van der Waals surface area contributed by atoms with Crippen molar-refractivity contribution in [2.45, 2.75) is 12.5 Å². The molecule has 76 valence electrons. The Labute approximate surface area is 80.4 Å². The summed E-state index contributed by atoms with van der Waals surface area (Å²) in [4.78, 5) is 13.3. The van der Waals surface area contributed by atoms with Crippen molar-refractivity contribution in [2.75, 3.05) is 20.2 Å². The van der Waals surface area contributed by atoms with Crippen molar-refractivity contribution in [2.24, 2.45) is 0 Å². The van der Waals surface area contributed by atoms with Gasteiger partial charge in [-0.3, -0.25) is 4.79 Å². The molecule has 0 spiro atoms. The molecule has 1 amide bonds. The van der Waals surface area contributed by atoms with Crippen LogP contribution >= 0.6 is 0 Å². The van der Waals surface area contributed by atoms with Gasteiger partial charge in [-0.25, -0.2) is 0 Å². The van der Waals surface area contributed by atoms with Gasteiger partial charge in [0.05, 0.1) is 6.10 Å². The Morgan fingerprint density at radius 3 is 3.14 bits per heavy atom. The molecule has 1 fully saturated rings. The Balaban J connectivity index is 2.00. The number of carbonyl (C=O) groups is 1. The van der Waals surface area contributed by atoms with Crippen molar-refractivity contribution in [3.63, 3.8) is 0 Å². The summed E-state index contributed by atoms with van der Waals surface area (Å²) in [6, 6.07) is 0. The number of tetrazole rings is 1. The number of ether oxygens (including phenoxy) is 1. The highest BCUT2D eigenvalue weighted by Crippen LogP contribution is 2.13. The number of likely N-dealkylation sites (tertiary alicyclic amines) is 1.